The molecule has 2 aromatic rings. The summed E-state index contributed by atoms with van der Waals surface area (Å²) < 4.78 is 5.78. The van der Waals surface area contributed by atoms with Gasteiger partial charge in [-0.15, -0.1) is 0 Å². The van der Waals surface area contributed by atoms with Gasteiger partial charge >= 0.3 is 6.09 Å². The van der Waals surface area contributed by atoms with E-state index in [-0.39, 0.29) is 18.2 Å². The number of ether oxygens (including phenoxy) is 1. The average Bonchev–Trinajstić information content (AvgIpc) is 2.74. The van der Waals surface area contributed by atoms with Gasteiger partial charge in [0.25, 0.3) is 0 Å². The van der Waals surface area contributed by atoms with Crippen LogP contribution in [0, 0.1) is 0 Å². The smallest absolute Gasteiger partial charge is 0.416 e. The molecule has 1 saturated heterocycles. The Morgan fingerprint density at radius 1 is 1.19 bits per heavy atom. The third kappa shape index (κ3) is 6.07. The number of pyridine rings is 1. The normalized spacial score (nSPS) is 18.4. The fourth-order valence-corrected chi connectivity index (χ4v) is 4.19. The van der Waals surface area contributed by atoms with Gasteiger partial charge in [0.1, 0.15) is 11.4 Å². The van der Waals surface area contributed by atoms with Gasteiger partial charge in [-0.1, -0.05) is 49.7 Å². The number of hydrogen-bond donors (Lipinski definition) is 0. The van der Waals surface area contributed by atoms with Crippen LogP contribution in [0.4, 0.5) is 10.6 Å². The zero-order valence-corrected chi connectivity index (χ0v) is 19.7. The van der Waals surface area contributed by atoms with E-state index in [1.807, 2.05) is 26.8 Å². The summed E-state index contributed by atoms with van der Waals surface area (Å²) in [5.41, 5.74) is 1.87. The molecule has 0 saturated carbocycles. The molecule has 3 rings (SSSR count). The highest BCUT2D eigenvalue weighted by molar-refractivity contribution is 5.88. The van der Waals surface area contributed by atoms with Crippen molar-refractivity contribution in [2.24, 2.45) is 0 Å². The van der Waals surface area contributed by atoms with Crippen LogP contribution in [-0.4, -0.2) is 34.2 Å². The van der Waals surface area contributed by atoms with Gasteiger partial charge in [0.15, 0.2) is 0 Å². The van der Waals surface area contributed by atoms with Crippen LogP contribution in [0.15, 0.2) is 48.7 Å². The molecule has 0 N–H and O–H groups in total. The fourth-order valence-electron chi connectivity index (χ4n) is 4.19. The number of aromatic nitrogens is 1. The summed E-state index contributed by atoms with van der Waals surface area (Å²) in [5, 5.41) is 0. The summed E-state index contributed by atoms with van der Waals surface area (Å²) in [5.74, 6) is 0.732. The SMILES string of the molecule is CC[C@@H](C)N(C(=O)OC(C)(C)C)c1ncccc1[C@@H]1CCCCN1Cc1ccccc1. The highest BCUT2D eigenvalue weighted by Gasteiger charge is 2.33. The molecule has 0 radical (unpaired) electrons. The lowest BCUT2D eigenvalue weighted by Crippen LogP contribution is -2.44. The molecule has 2 heterocycles. The molecule has 31 heavy (non-hydrogen) atoms. The lowest BCUT2D eigenvalue weighted by atomic mass is 9.94. The average molecular weight is 424 g/mol. The molecule has 0 bridgehead atoms. The van der Waals surface area contributed by atoms with Crippen molar-refractivity contribution in [3.05, 3.63) is 59.8 Å². The summed E-state index contributed by atoms with van der Waals surface area (Å²) in [6.45, 7) is 11.8. The Bertz CT molecular complexity index is 847. The van der Waals surface area contributed by atoms with Gasteiger partial charge < -0.3 is 4.74 Å². The molecule has 1 aliphatic heterocycles. The highest BCUT2D eigenvalue weighted by Crippen LogP contribution is 2.37. The van der Waals surface area contributed by atoms with Gasteiger partial charge in [-0.05, 0) is 65.1 Å². The molecule has 2 atom stereocenters. The number of nitrogens with zero attached hydrogens (tertiary/aromatic N) is 3. The van der Waals surface area contributed by atoms with E-state index < -0.39 is 5.60 Å². The Balaban J connectivity index is 1.96. The molecule has 168 valence electrons. The Morgan fingerprint density at radius 2 is 1.94 bits per heavy atom. The maximum atomic E-state index is 13.2. The molecule has 5 heteroatoms. The lowest BCUT2D eigenvalue weighted by Gasteiger charge is -2.39. The zero-order chi connectivity index (χ0) is 22.4. The Labute approximate surface area is 187 Å². The van der Waals surface area contributed by atoms with E-state index >= 15 is 0 Å². The number of hydrogen-bond acceptors (Lipinski definition) is 4. The predicted molar refractivity (Wildman–Crippen MR) is 126 cm³/mol. The van der Waals surface area contributed by atoms with Gasteiger partial charge in [0.2, 0.25) is 0 Å². The molecule has 0 unspecified atom stereocenters. The van der Waals surface area contributed by atoms with Crippen molar-refractivity contribution in [3.63, 3.8) is 0 Å². The number of rotatable bonds is 6. The molecule has 0 spiro atoms. The largest absolute Gasteiger partial charge is 0.443 e. The quantitative estimate of drug-likeness (QED) is 0.543. The van der Waals surface area contributed by atoms with E-state index in [2.05, 4.69) is 55.1 Å². The predicted octanol–water partition coefficient (Wildman–Crippen LogP) is 6.35. The minimum absolute atomic E-state index is 0.00494. The van der Waals surface area contributed by atoms with Crippen LogP contribution in [0.5, 0.6) is 0 Å². The number of anilines is 1. The van der Waals surface area contributed by atoms with Crippen molar-refractivity contribution in [1.29, 1.82) is 0 Å². The Kier molecular flexibility index (Phi) is 7.71. The van der Waals surface area contributed by atoms with Crippen molar-refractivity contribution in [1.82, 2.24) is 9.88 Å². The molecule has 1 aromatic carbocycles. The van der Waals surface area contributed by atoms with Crippen LogP contribution in [0.1, 0.15) is 77.5 Å². The minimum atomic E-state index is -0.554. The first-order valence-electron chi connectivity index (χ1n) is 11.5. The number of amides is 1. The number of benzene rings is 1. The standard InChI is InChI=1S/C26H37N3O2/c1-6-20(2)29(25(30)31-26(3,4)5)24-22(15-12-17-27-24)23-16-10-11-18-28(23)19-21-13-8-7-9-14-21/h7-9,12-15,17,20,23H,6,10-11,16,18-19H2,1-5H3/t20-,23+/m1/s1. The third-order valence-corrected chi connectivity index (χ3v) is 5.87. The van der Waals surface area contributed by atoms with E-state index in [9.17, 15) is 4.79 Å². The summed E-state index contributed by atoms with van der Waals surface area (Å²) in [4.78, 5) is 22.2. The van der Waals surface area contributed by atoms with Crippen LogP contribution in [-0.2, 0) is 11.3 Å². The van der Waals surface area contributed by atoms with Crippen LogP contribution >= 0.6 is 0 Å². The molecule has 1 aliphatic rings. The zero-order valence-electron chi connectivity index (χ0n) is 19.7. The van der Waals surface area contributed by atoms with Crippen molar-refractivity contribution in [2.45, 2.75) is 84.5 Å². The maximum Gasteiger partial charge on any atom is 0.416 e. The number of carbonyl (C=O) groups is 1. The van der Waals surface area contributed by atoms with Crippen LogP contribution < -0.4 is 4.90 Å². The first-order chi connectivity index (χ1) is 14.8. The molecule has 5 nitrogen and oxygen atoms in total. The maximum absolute atomic E-state index is 13.2. The van der Waals surface area contributed by atoms with Gasteiger partial charge in [0.05, 0.1) is 0 Å². The third-order valence-electron chi connectivity index (χ3n) is 5.87. The van der Waals surface area contributed by atoms with E-state index in [1.165, 1.54) is 18.4 Å². The van der Waals surface area contributed by atoms with E-state index in [0.717, 1.165) is 37.3 Å². The van der Waals surface area contributed by atoms with Crippen molar-refractivity contribution >= 4 is 11.9 Å². The van der Waals surface area contributed by atoms with Crippen molar-refractivity contribution in [2.75, 3.05) is 11.4 Å². The molecular weight excluding hydrogens is 386 g/mol. The molecule has 1 aromatic heterocycles. The van der Waals surface area contributed by atoms with Gasteiger partial charge in [-0.3, -0.25) is 9.80 Å². The van der Waals surface area contributed by atoms with Gasteiger partial charge in [-0.25, -0.2) is 9.78 Å². The van der Waals surface area contributed by atoms with Gasteiger partial charge in [0, 0.05) is 30.4 Å². The number of piperidine rings is 1. The van der Waals surface area contributed by atoms with E-state index in [0.29, 0.717) is 0 Å². The molecule has 1 fully saturated rings. The molecule has 1 amide bonds. The summed E-state index contributed by atoms with van der Waals surface area (Å²) in [7, 11) is 0. The molecular formula is C26H37N3O2. The van der Waals surface area contributed by atoms with Crippen LogP contribution in [0.2, 0.25) is 0 Å². The second kappa shape index (κ2) is 10.3. The van der Waals surface area contributed by atoms with Crippen molar-refractivity contribution < 1.29 is 9.53 Å². The minimum Gasteiger partial charge on any atom is -0.443 e. The summed E-state index contributed by atoms with van der Waals surface area (Å²) in [6, 6.07) is 15.0. The topological polar surface area (TPSA) is 45.7 Å². The second-order valence-corrected chi connectivity index (χ2v) is 9.49. The second-order valence-electron chi connectivity index (χ2n) is 9.49. The van der Waals surface area contributed by atoms with E-state index in [1.54, 1.807) is 11.1 Å². The van der Waals surface area contributed by atoms with Crippen molar-refractivity contribution in [3.8, 4) is 0 Å². The summed E-state index contributed by atoms with van der Waals surface area (Å²) in [6.07, 6.45) is 5.72. The summed E-state index contributed by atoms with van der Waals surface area (Å²) >= 11 is 0. The fraction of sp³-hybridized carbons (Fsp3) is 0.538. The van der Waals surface area contributed by atoms with Gasteiger partial charge in [-0.2, -0.15) is 0 Å². The van der Waals surface area contributed by atoms with Crippen LogP contribution in [0.25, 0.3) is 0 Å². The highest BCUT2D eigenvalue weighted by atomic mass is 16.6. The Morgan fingerprint density at radius 3 is 2.61 bits per heavy atom. The van der Waals surface area contributed by atoms with Crippen LogP contribution in [0.3, 0.4) is 0 Å². The van der Waals surface area contributed by atoms with E-state index in [4.69, 9.17) is 9.72 Å². The number of likely N-dealkylation sites (tertiary alicyclic amines) is 1. The first-order valence-corrected chi connectivity index (χ1v) is 11.5. The first kappa shape index (κ1) is 23.3. The Hall–Kier alpha value is -2.40. The lowest BCUT2D eigenvalue weighted by molar-refractivity contribution is 0.0564. The number of carbonyl (C=O) groups excluding carboxylic acids is 1. The molecule has 0 aliphatic carbocycles. The monoisotopic (exact) mass is 423 g/mol.